The van der Waals surface area contributed by atoms with Gasteiger partial charge in [-0.2, -0.15) is 23.3 Å². The van der Waals surface area contributed by atoms with E-state index in [0.29, 0.717) is 27.7 Å². The van der Waals surface area contributed by atoms with Gasteiger partial charge in [-0.1, -0.05) is 18.2 Å². The van der Waals surface area contributed by atoms with Crippen molar-refractivity contribution in [2.75, 3.05) is 11.6 Å². The largest absolute Gasteiger partial charge is 0.492 e. The van der Waals surface area contributed by atoms with E-state index in [9.17, 15) is 18.3 Å². The van der Waals surface area contributed by atoms with Gasteiger partial charge in [0.25, 0.3) is 5.72 Å². The van der Waals surface area contributed by atoms with Crippen LogP contribution in [0.25, 0.3) is 11.4 Å². The van der Waals surface area contributed by atoms with Gasteiger partial charge in [0.1, 0.15) is 18.1 Å². The fraction of sp³-hybridized carbons (Fsp3) is 0.211. The summed E-state index contributed by atoms with van der Waals surface area (Å²) in [6.45, 7) is -0.346. The number of benzene rings is 1. The van der Waals surface area contributed by atoms with Crippen molar-refractivity contribution in [1.29, 1.82) is 0 Å². The van der Waals surface area contributed by atoms with Crippen LogP contribution in [0.2, 0.25) is 0 Å². The summed E-state index contributed by atoms with van der Waals surface area (Å²) in [6.07, 6.45) is -3.42. The van der Waals surface area contributed by atoms with Crippen molar-refractivity contribution in [3.05, 3.63) is 59.6 Å². The second kappa shape index (κ2) is 6.26. The topological polar surface area (TPSA) is 70.8 Å². The number of hydrogen-bond acceptors (Lipinski definition) is 7. The SMILES string of the molecule is OC1(C(F)(F)F)C2COc3ccccc3C2=NN1c1nc(-c2ccccn2)cs1. The van der Waals surface area contributed by atoms with Crippen LogP contribution in [0.5, 0.6) is 5.75 Å². The number of nitrogens with zero attached hydrogens (tertiary/aromatic N) is 4. The average Bonchev–Trinajstić information content (AvgIpc) is 3.32. The van der Waals surface area contributed by atoms with Crippen molar-refractivity contribution in [2.24, 2.45) is 11.0 Å². The molecule has 2 aromatic heterocycles. The van der Waals surface area contributed by atoms with Crippen molar-refractivity contribution >= 4 is 22.2 Å². The Hall–Kier alpha value is -2.98. The predicted molar refractivity (Wildman–Crippen MR) is 101 cm³/mol. The molecule has 10 heteroatoms. The van der Waals surface area contributed by atoms with Crippen LogP contribution in [0.3, 0.4) is 0 Å². The van der Waals surface area contributed by atoms with Gasteiger partial charge in [0.2, 0.25) is 5.13 Å². The molecule has 5 rings (SSSR count). The van der Waals surface area contributed by atoms with Crippen LogP contribution in [0.15, 0.2) is 59.1 Å². The average molecular weight is 418 g/mol. The third-order valence-electron chi connectivity index (χ3n) is 4.93. The molecule has 0 amide bonds. The first-order valence-corrected chi connectivity index (χ1v) is 9.54. The van der Waals surface area contributed by atoms with E-state index in [1.165, 1.54) is 0 Å². The predicted octanol–water partition coefficient (Wildman–Crippen LogP) is 3.69. The number of thiazole rings is 1. The number of alkyl halides is 3. The van der Waals surface area contributed by atoms with Crippen LogP contribution in [0.4, 0.5) is 18.3 Å². The maximum absolute atomic E-state index is 14.1. The molecule has 2 aliphatic rings. The van der Waals surface area contributed by atoms with E-state index in [2.05, 4.69) is 15.1 Å². The van der Waals surface area contributed by atoms with Crippen LogP contribution in [0, 0.1) is 5.92 Å². The summed E-state index contributed by atoms with van der Waals surface area (Å²) >= 11 is 0.954. The van der Waals surface area contributed by atoms with E-state index < -0.39 is 17.8 Å². The Balaban J connectivity index is 1.63. The maximum atomic E-state index is 14.1. The van der Waals surface area contributed by atoms with E-state index >= 15 is 0 Å². The van der Waals surface area contributed by atoms with Crippen molar-refractivity contribution in [2.45, 2.75) is 11.9 Å². The maximum Gasteiger partial charge on any atom is 0.439 e. The first kappa shape index (κ1) is 18.1. The lowest BCUT2D eigenvalue weighted by Gasteiger charge is -2.38. The normalized spacial score (nSPS) is 23.2. The molecule has 1 aromatic carbocycles. The molecule has 3 aromatic rings. The minimum absolute atomic E-state index is 0.0788. The lowest BCUT2D eigenvalue weighted by atomic mass is 9.86. The van der Waals surface area contributed by atoms with Crippen molar-refractivity contribution in [1.82, 2.24) is 9.97 Å². The fourth-order valence-electron chi connectivity index (χ4n) is 3.51. The zero-order chi connectivity index (χ0) is 20.2. The zero-order valence-corrected chi connectivity index (χ0v) is 15.5. The Bertz CT molecular complexity index is 1100. The molecule has 0 radical (unpaired) electrons. The monoisotopic (exact) mass is 418 g/mol. The first-order chi connectivity index (χ1) is 13.9. The van der Waals surface area contributed by atoms with Crippen LogP contribution >= 0.6 is 11.3 Å². The number of aliphatic hydroxyl groups is 1. The lowest BCUT2D eigenvalue weighted by molar-refractivity contribution is -0.270. The van der Waals surface area contributed by atoms with Gasteiger partial charge in [0, 0.05) is 17.1 Å². The van der Waals surface area contributed by atoms with Crippen LogP contribution in [-0.2, 0) is 0 Å². The molecule has 2 atom stereocenters. The highest BCUT2D eigenvalue weighted by Gasteiger charge is 2.69. The van der Waals surface area contributed by atoms with Crippen LogP contribution in [0.1, 0.15) is 5.56 Å². The van der Waals surface area contributed by atoms with E-state index in [0.717, 1.165) is 11.3 Å². The number of halogens is 3. The quantitative estimate of drug-likeness (QED) is 0.688. The summed E-state index contributed by atoms with van der Waals surface area (Å²) in [5, 5.41) is 17.1. The Kier molecular flexibility index (Phi) is 3.90. The number of fused-ring (bicyclic) bond motifs is 3. The van der Waals surface area contributed by atoms with Gasteiger partial charge in [-0.15, -0.1) is 11.3 Å². The minimum atomic E-state index is -4.99. The molecule has 0 spiro atoms. The highest BCUT2D eigenvalue weighted by Crippen LogP contribution is 2.50. The Morgan fingerprint density at radius 1 is 1.14 bits per heavy atom. The molecule has 2 aliphatic heterocycles. The molecule has 6 nitrogen and oxygen atoms in total. The molecule has 0 bridgehead atoms. The molecular formula is C19H13F3N4O2S. The Labute approximate surface area is 166 Å². The van der Waals surface area contributed by atoms with Crippen molar-refractivity contribution < 1.29 is 23.0 Å². The molecule has 2 unspecified atom stereocenters. The number of hydrazone groups is 1. The molecular weight excluding hydrogens is 405 g/mol. The molecule has 0 saturated carbocycles. The van der Waals surface area contributed by atoms with Gasteiger partial charge in [-0.05, 0) is 24.3 Å². The van der Waals surface area contributed by atoms with E-state index in [1.807, 2.05) is 0 Å². The fourth-order valence-corrected chi connectivity index (χ4v) is 4.33. The summed E-state index contributed by atoms with van der Waals surface area (Å²) in [6, 6.07) is 11.9. The summed E-state index contributed by atoms with van der Waals surface area (Å²) in [5.74, 6) is -0.971. The number of ether oxygens (including phenoxy) is 1. The van der Waals surface area contributed by atoms with Crippen LogP contribution in [-0.4, -0.2) is 39.3 Å². The van der Waals surface area contributed by atoms with Gasteiger partial charge < -0.3 is 9.84 Å². The molecule has 29 heavy (non-hydrogen) atoms. The smallest absolute Gasteiger partial charge is 0.439 e. The Morgan fingerprint density at radius 3 is 2.69 bits per heavy atom. The number of para-hydroxylation sites is 1. The Morgan fingerprint density at radius 2 is 1.93 bits per heavy atom. The van der Waals surface area contributed by atoms with Gasteiger partial charge in [0.05, 0.1) is 17.3 Å². The molecule has 0 aliphatic carbocycles. The molecule has 4 heterocycles. The van der Waals surface area contributed by atoms with Crippen molar-refractivity contribution in [3.8, 4) is 17.1 Å². The van der Waals surface area contributed by atoms with Crippen LogP contribution < -0.4 is 9.75 Å². The highest BCUT2D eigenvalue weighted by molar-refractivity contribution is 7.14. The summed E-state index contributed by atoms with van der Waals surface area (Å²) in [4.78, 5) is 8.42. The lowest BCUT2D eigenvalue weighted by Crippen LogP contribution is -2.61. The van der Waals surface area contributed by atoms with E-state index in [4.69, 9.17) is 4.74 Å². The first-order valence-electron chi connectivity index (χ1n) is 8.66. The van der Waals surface area contributed by atoms with E-state index in [-0.39, 0.29) is 17.5 Å². The second-order valence-corrected chi connectivity index (χ2v) is 7.45. The third kappa shape index (κ3) is 2.63. The zero-order valence-electron chi connectivity index (χ0n) is 14.7. The molecule has 0 fully saturated rings. The van der Waals surface area contributed by atoms with Gasteiger partial charge in [0.15, 0.2) is 0 Å². The second-order valence-electron chi connectivity index (χ2n) is 6.61. The number of pyridine rings is 1. The van der Waals surface area contributed by atoms with E-state index in [1.54, 1.807) is 54.0 Å². The van der Waals surface area contributed by atoms with Gasteiger partial charge in [-0.25, -0.2) is 4.98 Å². The number of hydrogen-bond donors (Lipinski definition) is 1. The molecule has 1 N–H and O–H groups in total. The molecule has 148 valence electrons. The van der Waals surface area contributed by atoms with Gasteiger partial charge in [-0.3, -0.25) is 4.98 Å². The highest BCUT2D eigenvalue weighted by atomic mass is 32.1. The van der Waals surface area contributed by atoms with Crippen molar-refractivity contribution in [3.63, 3.8) is 0 Å². The number of rotatable bonds is 2. The standard InChI is InChI=1S/C19H13F3N4O2S/c20-19(21,22)18(27)12-9-28-15-7-2-1-5-11(15)16(12)25-26(18)17-24-14(10-29-17)13-6-3-4-8-23-13/h1-8,10,12,27H,9H2. The number of anilines is 1. The molecule has 0 saturated heterocycles. The summed E-state index contributed by atoms with van der Waals surface area (Å²) < 4.78 is 47.8. The number of aromatic nitrogens is 2. The van der Waals surface area contributed by atoms with Gasteiger partial charge >= 0.3 is 6.18 Å². The summed E-state index contributed by atoms with van der Waals surface area (Å²) in [7, 11) is 0. The summed E-state index contributed by atoms with van der Waals surface area (Å²) in [5.41, 5.74) is -1.79. The minimum Gasteiger partial charge on any atom is -0.492 e. The third-order valence-corrected chi connectivity index (χ3v) is 5.75.